The number of carbonyl (C=O) groups is 3. The van der Waals surface area contributed by atoms with Crippen molar-refractivity contribution in [1.82, 2.24) is 4.57 Å². The van der Waals surface area contributed by atoms with E-state index >= 15 is 0 Å². The van der Waals surface area contributed by atoms with Crippen LogP contribution in [0, 0.1) is 0 Å². The number of benzene rings is 2. The first-order valence-electron chi connectivity index (χ1n) is 11.4. The number of aromatic nitrogens is 1. The van der Waals surface area contributed by atoms with Crippen LogP contribution in [0.15, 0.2) is 69.6 Å². The molecule has 0 bridgehead atoms. The Hall–Kier alpha value is -4.31. The zero-order valence-corrected chi connectivity index (χ0v) is 21.5. The van der Waals surface area contributed by atoms with Gasteiger partial charge in [0.2, 0.25) is 0 Å². The molecule has 3 aromatic rings. The Morgan fingerprint density at radius 1 is 1.05 bits per heavy atom. The molecule has 10 heteroatoms. The molecular weight excluding hydrogens is 496 g/mol. The molecule has 1 unspecified atom stereocenters. The summed E-state index contributed by atoms with van der Waals surface area (Å²) in [5, 5.41) is 0. The van der Waals surface area contributed by atoms with Crippen LogP contribution in [0.1, 0.15) is 48.3 Å². The fourth-order valence-corrected chi connectivity index (χ4v) is 5.02. The van der Waals surface area contributed by atoms with Gasteiger partial charge in [0.25, 0.3) is 5.56 Å². The maximum absolute atomic E-state index is 13.6. The molecule has 190 valence electrons. The first kappa shape index (κ1) is 25.8. The summed E-state index contributed by atoms with van der Waals surface area (Å²) in [6, 6.07) is 12.5. The lowest BCUT2D eigenvalue weighted by Crippen LogP contribution is -2.39. The largest absolute Gasteiger partial charge is 0.465 e. The molecule has 1 aromatic heterocycles. The number of hydrogen-bond acceptors (Lipinski definition) is 9. The summed E-state index contributed by atoms with van der Waals surface area (Å²) in [4.78, 5) is 54.6. The van der Waals surface area contributed by atoms with Gasteiger partial charge < -0.3 is 14.2 Å². The van der Waals surface area contributed by atoms with E-state index in [0.29, 0.717) is 37.5 Å². The van der Waals surface area contributed by atoms with E-state index < -0.39 is 23.9 Å². The number of hydrogen-bond donors (Lipinski definition) is 0. The Morgan fingerprint density at radius 2 is 1.73 bits per heavy atom. The lowest BCUT2D eigenvalue weighted by Gasteiger charge is -2.24. The van der Waals surface area contributed by atoms with Gasteiger partial charge in [-0.1, -0.05) is 35.6 Å². The summed E-state index contributed by atoms with van der Waals surface area (Å²) in [5.41, 5.74) is 2.10. The topological polar surface area (TPSA) is 113 Å². The van der Waals surface area contributed by atoms with Gasteiger partial charge in [0.1, 0.15) is 5.75 Å². The maximum Gasteiger partial charge on any atom is 0.338 e. The standard InChI is InChI=1S/C27H24N2O7S/c1-5-35-26(33)22-15(2)28-27-29(23(22)18-10-12-20(13-11-18)36-16(3)30)24(31)21(37-27)14-17-6-8-19(9-7-17)25(32)34-4/h6-14,23H,5H2,1-4H3/b21-14+. The third kappa shape index (κ3) is 5.29. The van der Waals surface area contributed by atoms with Gasteiger partial charge in [-0.2, -0.15) is 0 Å². The van der Waals surface area contributed by atoms with Crippen LogP contribution in [0.3, 0.4) is 0 Å². The van der Waals surface area contributed by atoms with E-state index in [9.17, 15) is 19.2 Å². The Morgan fingerprint density at radius 3 is 2.32 bits per heavy atom. The van der Waals surface area contributed by atoms with Crippen LogP contribution >= 0.6 is 11.3 Å². The molecule has 0 saturated heterocycles. The quantitative estimate of drug-likeness (QED) is 0.363. The van der Waals surface area contributed by atoms with Gasteiger partial charge in [0.05, 0.1) is 41.1 Å². The van der Waals surface area contributed by atoms with Gasteiger partial charge >= 0.3 is 17.9 Å². The zero-order valence-electron chi connectivity index (χ0n) is 20.6. The Bertz CT molecular complexity index is 1580. The fraction of sp³-hybridized carbons (Fsp3) is 0.222. The molecule has 9 nitrogen and oxygen atoms in total. The van der Waals surface area contributed by atoms with Crippen molar-refractivity contribution in [2.24, 2.45) is 4.99 Å². The van der Waals surface area contributed by atoms with E-state index in [1.807, 2.05) is 0 Å². The lowest BCUT2D eigenvalue weighted by atomic mass is 9.96. The van der Waals surface area contributed by atoms with Gasteiger partial charge in [0, 0.05) is 6.92 Å². The number of allylic oxidation sites excluding steroid dienone is 1. The van der Waals surface area contributed by atoms with Crippen LogP contribution in [0.2, 0.25) is 0 Å². The number of esters is 3. The molecule has 0 spiro atoms. The van der Waals surface area contributed by atoms with Gasteiger partial charge in [0.15, 0.2) is 4.80 Å². The molecule has 1 aliphatic heterocycles. The van der Waals surface area contributed by atoms with Crippen LogP contribution in [0.25, 0.3) is 6.08 Å². The normalized spacial score (nSPS) is 15.0. The highest BCUT2D eigenvalue weighted by Gasteiger charge is 2.33. The molecule has 0 saturated carbocycles. The summed E-state index contributed by atoms with van der Waals surface area (Å²) in [5.74, 6) is -1.13. The summed E-state index contributed by atoms with van der Waals surface area (Å²) in [7, 11) is 1.31. The summed E-state index contributed by atoms with van der Waals surface area (Å²) in [6.45, 7) is 4.88. The van der Waals surface area contributed by atoms with Gasteiger partial charge in [-0.05, 0) is 55.3 Å². The van der Waals surface area contributed by atoms with E-state index in [4.69, 9.17) is 14.2 Å². The van der Waals surface area contributed by atoms with Crippen molar-refractivity contribution in [2.45, 2.75) is 26.8 Å². The molecule has 37 heavy (non-hydrogen) atoms. The highest BCUT2D eigenvalue weighted by atomic mass is 32.1. The smallest absolute Gasteiger partial charge is 0.338 e. The predicted octanol–water partition coefficient (Wildman–Crippen LogP) is 2.51. The maximum atomic E-state index is 13.6. The Labute approximate surface area is 215 Å². The first-order valence-corrected chi connectivity index (χ1v) is 12.2. The molecule has 4 rings (SSSR count). The minimum absolute atomic E-state index is 0.166. The Balaban J connectivity index is 1.85. The second-order valence-electron chi connectivity index (χ2n) is 8.08. The minimum Gasteiger partial charge on any atom is -0.465 e. The van der Waals surface area contributed by atoms with Gasteiger partial charge in [-0.15, -0.1) is 0 Å². The third-order valence-electron chi connectivity index (χ3n) is 5.60. The monoisotopic (exact) mass is 520 g/mol. The van der Waals surface area contributed by atoms with Gasteiger partial charge in [-0.3, -0.25) is 14.2 Å². The number of ether oxygens (including phenoxy) is 3. The highest BCUT2D eigenvalue weighted by Crippen LogP contribution is 2.31. The summed E-state index contributed by atoms with van der Waals surface area (Å²) < 4.78 is 17.0. The van der Waals surface area contributed by atoms with Crippen molar-refractivity contribution in [3.05, 3.63) is 96.2 Å². The lowest BCUT2D eigenvalue weighted by molar-refractivity contribution is -0.139. The van der Waals surface area contributed by atoms with E-state index in [1.165, 1.54) is 29.9 Å². The van der Waals surface area contributed by atoms with E-state index in [-0.39, 0.29) is 17.7 Å². The molecule has 0 aliphatic carbocycles. The van der Waals surface area contributed by atoms with Crippen LogP contribution in [0.4, 0.5) is 0 Å². The van der Waals surface area contributed by atoms with Crippen LogP contribution < -0.4 is 19.6 Å². The average molecular weight is 521 g/mol. The van der Waals surface area contributed by atoms with E-state index in [1.54, 1.807) is 68.5 Å². The minimum atomic E-state index is -0.787. The molecule has 0 fully saturated rings. The van der Waals surface area contributed by atoms with E-state index in [0.717, 1.165) is 0 Å². The van der Waals surface area contributed by atoms with Crippen molar-refractivity contribution in [3.63, 3.8) is 0 Å². The van der Waals surface area contributed by atoms with Gasteiger partial charge in [-0.25, -0.2) is 14.6 Å². The third-order valence-corrected chi connectivity index (χ3v) is 6.59. The summed E-state index contributed by atoms with van der Waals surface area (Å²) in [6.07, 6.45) is 1.70. The zero-order chi connectivity index (χ0) is 26.7. The number of thiazole rings is 1. The molecule has 0 amide bonds. The summed E-state index contributed by atoms with van der Waals surface area (Å²) >= 11 is 1.19. The highest BCUT2D eigenvalue weighted by molar-refractivity contribution is 7.07. The van der Waals surface area contributed by atoms with Crippen LogP contribution in [-0.2, 0) is 19.1 Å². The number of carbonyl (C=O) groups excluding carboxylic acids is 3. The van der Waals surface area contributed by atoms with Crippen molar-refractivity contribution < 1.29 is 28.6 Å². The molecule has 1 aliphatic rings. The first-order chi connectivity index (χ1) is 17.7. The molecular formula is C27H24N2O7S. The van der Waals surface area contributed by atoms with Crippen molar-refractivity contribution >= 4 is 35.3 Å². The number of fused-ring (bicyclic) bond motifs is 1. The number of rotatable bonds is 6. The van der Waals surface area contributed by atoms with Crippen LogP contribution in [-0.4, -0.2) is 36.2 Å². The van der Waals surface area contributed by atoms with Crippen molar-refractivity contribution in [1.29, 1.82) is 0 Å². The molecule has 2 heterocycles. The van der Waals surface area contributed by atoms with E-state index in [2.05, 4.69) is 4.99 Å². The Kier molecular flexibility index (Phi) is 7.49. The predicted molar refractivity (Wildman–Crippen MR) is 136 cm³/mol. The molecule has 0 N–H and O–H groups in total. The van der Waals surface area contributed by atoms with Crippen molar-refractivity contribution in [3.8, 4) is 5.75 Å². The molecule has 0 radical (unpaired) electrons. The SMILES string of the molecule is CCOC(=O)C1=C(C)N=c2s/c(=C/c3ccc(C(=O)OC)cc3)c(=O)n2C1c1ccc(OC(C)=O)cc1. The second-order valence-corrected chi connectivity index (χ2v) is 9.09. The second kappa shape index (κ2) is 10.8. The van der Waals surface area contributed by atoms with Crippen LogP contribution in [0.5, 0.6) is 5.75 Å². The van der Waals surface area contributed by atoms with Crippen molar-refractivity contribution in [2.75, 3.05) is 13.7 Å². The number of methoxy groups -OCH3 is 1. The molecule has 1 atom stereocenters. The average Bonchev–Trinajstić information content (AvgIpc) is 3.17. The fourth-order valence-electron chi connectivity index (χ4n) is 3.98. The molecule has 2 aromatic carbocycles. The number of nitrogens with zero attached hydrogens (tertiary/aromatic N) is 2.